The summed E-state index contributed by atoms with van der Waals surface area (Å²) in [7, 11) is 0. The Hall–Kier alpha value is -1.59. The molecule has 0 aliphatic heterocycles. The van der Waals surface area contributed by atoms with Crippen molar-refractivity contribution >= 4 is 17.6 Å². The Morgan fingerprint density at radius 3 is 2.72 bits per heavy atom. The summed E-state index contributed by atoms with van der Waals surface area (Å²) < 4.78 is 5.42. The Kier molecular flexibility index (Phi) is 4.55. The van der Waals surface area contributed by atoms with E-state index in [-0.39, 0.29) is 0 Å². The van der Waals surface area contributed by atoms with E-state index in [1.165, 1.54) is 0 Å². The van der Waals surface area contributed by atoms with Crippen molar-refractivity contribution in [3.05, 3.63) is 40.7 Å². The van der Waals surface area contributed by atoms with Gasteiger partial charge in [0, 0.05) is 18.0 Å². The third-order valence-corrected chi connectivity index (χ3v) is 2.67. The highest BCUT2D eigenvalue weighted by atomic mass is 35.5. The van der Waals surface area contributed by atoms with Crippen molar-refractivity contribution in [3.63, 3.8) is 0 Å². The molecular formula is C12H15ClN4O. The fraction of sp³-hybridized carbons (Fsp3) is 0.333. The Morgan fingerprint density at radius 2 is 2.00 bits per heavy atom. The maximum absolute atomic E-state index is 5.81. The number of nitrogens with two attached hydrogens (primary N) is 1. The van der Waals surface area contributed by atoms with Crippen LogP contribution in [0, 0.1) is 0 Å². The van der Waals surface area contributed by atoms with Gasteiger partial charge in [-0.2, -0.15) is 0 Å². The SMILES string of the molecule is NCCCc1nnc(NCc2ccc(Cl)cc2)o1. The Bertz CT molecular complexity index is 483. The number of hydrogen-bond donors (Lipinski definition) is 2. The van der Waals surface area contributed by atoms with Crippen LogP contribution in [0.1, 0.15) is 17.9 Å². The lowest BCUT2D eigenvalue weighted by Gasteiger charge is -2.01. The second-order valence-corrected chi connectivity index (χ2v) is 4.31. The molecule has 0 spiro atoms. The van der Waals surface area contributed by atoms with Crippen LogP contribution < -0.4 is 11.1 Å². The van der Waals surface area contributed by atoms with Crippen LogP contribution in [0.25, 0.3) is 0 Å². The van der Waals surface area contributed by atoms with E-state index in [1.54, 1.807) is 0 Å². The highest BCUT2D eigenvalue weighted by Crippen LogP contribution is 2.12. The summed E-state index contributed by atoms with van der Waals surface area (Å²) in [6.07, 6.45) is 1.56. The first-order valence-electron chi connectivity index (χ1n) is 5.78. The van der Waals surface area contributed by atoms with E-state index in [4.69, 9.17) is 21.8 Å². The molecule has 0 fully saturated rings. The molecule has 0 amide bonds. The molecule has 0 unspecified atom stereocenters. The maximum atomic E-state index is 5.81. The predicted molar refractivity (Wildman–Crippen MR) is 70.5 cm³/mol. The summed E-state index contributed by atoms with van der Waals surface area (Å²) in [6, 6.07) is 8.01. The molecule has 0 radical (unpaired) electrons. The highest BCUT2D eigenvalue weighted by molar-refractivity contribution is 6.30. The molecule has 1 aromatic carbocycles. The number of nitrogens with zero attached hydrogens (tertiary/aromatic N) is 2. The van der Waals surface area contributed by atoms with Crippen LogP contribution in [0.5, 0.6) is 0 Å². The molecule has 2 rings (SSSR count). The molecule has 1 aromatic heterocycles. The van der Waals surface area contributed by atoms with Crippen LogP contribution in [0.2, 0.25) is 5.02 Å². The number of nitrogens with one attached hydrogen (secondary N) is 1. The monoisotopic (exact) mass is 266 g/mol. The lowest BCUT2D eigenvalue weighted by Crippen LogP contribution is -2.00. The van der Waals surface area contributed by atoms with Gasteiger partial charge in [-0.05, 0) is 30.7 Å². The molecule has 0 saturated carbocycles. The van der Waals surface area contributed by atoms with E-state index in [9.17, 15) is 0 Å². The molecule has 0 bridgehead atoms. The summed E-state index contributed by atoms with van der Waals surface area (Å²) in [6.45, 7) is 1.24. The van der Waals surface area contributed by atoms with E-state index in [0.717, 1.165) is 17.0 Å². The first-order chi connectivity index (χ1) is 8.78. The second kappa shape index (κ2) is 6.37. The smallest absolute Gasteiger partial charge is 0.315 e. The van der Waals surface area contributed by atoms with Crippen LogP contribution in [0.4, 0.5) is 6.01 Å². The van der Waals surface area contributed by atoms with Crippen molar-refractivity contribution < 1.29 is 4.42 Å². The van der Waals surface area contributed by atoms with Crippen LogP contribution >= 0.6 is 11.6 Å². The summed E-state index contributed by atoms with van der Waals surface area (Å²) in [5, 5.41) is 11.6. The molecule has 0 atom stereocenters. The first-order valence-corrected chi connectivity index (χ1v) is 6.16. The Labute approximate surface area is 110 Å². The van der Waals surface area contributed by atoms with Crippen molar-refractivity contribution in [2.75, 3.05) is 11.9 Å². The lowest BCUT2D eigenvalue weighted by atomic mass is 10.2. The number of rotatable bonds is 6. The fourth-order valence-electron chi connectivity index (χ4n) is 1.46. The topological polar surface area (TPSA) is 77.0 Å². The third kappa shape index (κ3) is 3.72. The number of aryl methyl sites for hydroxylation is 1. The average Bonchev–Trinajstić information content (AvgIpc) is 2.84. The average molecular weight is 267 g/mol. The summed E-state index contributed by atoms with van der Waals surface area (Å²) in [5.74, 6) is 0.610. The predicted octanol–water partition coefficient (Wildman–Crippen LogP) is 2.23. The van der Waals surface area contributed by atoms with Crippen molar-refractivity contribution in [2.45, 2.75) is 19.4 Å². The molecule has 5 nitrogen and oxygen atoms in total. The third-order valence-electron chi connectivity index (χ3n) is 2.42. The van der Waals surface area contributed by atoms with Gasteiger partial charge in [-0.3, -0.25) is 0 Å². The normalized spacial score (nSPS) is 10.6. The van der Waals surface area contributed by atoms with Gasteiger partial charge < -0.3 is 15.5 Å². The number of halogens is 1. The van der Waals surface area contributed by atoms with Gasteiger partial charge in [-0.25, -0.2) is 0 Å². The van der Waals surface area contributed by atoms with Crippen molar-refractivity contribution in [1.82, 2.24) is 10.2 Å². The molecule has 3 N–H and O–H groups in total. The molecule has 18 heavy (non-hydrogen) atoms. The van der Waals surface area contributed by atoms with Crippen LogP contribution in [-0.2, 0) is 13.0 Å². The zero-order valence-corrected chi connectivity index (χ0v) is 10.7. The van der Waals surface area contributed by atoms with E-state index < -0.39 is 0 Å². The van der Waals surface area contributed by atoms with Gasteiger partial charge in [0.05, 0.1) is 0 Å². The van der Waals surface area contributed by atoms with Crippen LogP contribution in [-0.4, -0.2) is 16.7 Å². The summed E-state index contributed by atoms with van der Waals surface area (Å²) in [4.78, 5) is 0. The van der Waals surface area contributed by atoms with Gasteiger partial charge in [0.1, 0.15) is 0 Å². The Balaban J connectivity index is 1.86. The highest BCUT2D eigenvalue weighted by Gasteiger charge is 2.04. The summed E-state index contributed by atoms with van der Waals surface area (Å²) in [5.41, 5.74) is 6.51. The fourth-order valence-corrected chi connectivity index (χ4v) is 1.59. The van der Waals surface area contributed by atoms with Gasteiger partial charge in [0.2, 0.25) is 5.89 Å². The lowest BCUT2D eigenvalue weighted by molar-refractivity contribution is 0.497. The molecule has 0 aliphatic rings. The number of aromatic nitrogens is 2. The quantitative estimate of drug-likeness (QED) is 0.838. The van der Waals surface area contributed by atoms with Gasteiger partial charge in [-0.1, -0.05) is 28.8 Å². The Morgan fingerprint density at radius 1 is 1.22 bits per heavy atom. The number of hydrogen-bond acceptors (Lipinski definition) is 5. The zero-order chi connectivity index (χ0) is 12.8. The first kappa shape index (κ1) is 12.9. The minimum absolute atomic E-state index is 0.428. The van der Waals surface area contributed by atoms with Crippen LogP contribution in [0.3, 0.4) is 0 Å². The van der Waals surface area contributed by atoms with Gasteiger partial charge >= 0.3 is 6.01 Å². The largest absolute Gasteiger partial charge is 0.408 e. The maximum Gasteiger partial charge on any atom is 0.315 e. The van der Waals surface area contributed by atoms with Crippen LogP contribution in [0.15, 0.2) is 28.7 Å². The number of benzene rings is 1. The minimum atomic E-state index is 0.428. The molecule has 0 saturated heterocycles. The van der Waals surface area contributed by atoms with E-state index in [2.05, 4.69) is 15.5 Å². The van der Waals surface area contributed by atoms with Gasteiger partial charge in [-0.15, -0.1) is 5.10 Å². The van der Waals surface area contributed by atoms with E-state index in [1.807, 2.05) is 24.3 Å². The number of anilines is 1. The van der Waals surface area contributed by atoms with Gasteiger partial charge in [0.25, 0.3) is 0 Å². The molecule has 6 heteroatoms. The van der Waals surface area contributed by atoms with Gasteiger partial charge in [0.15, 0.2) is 0 Å². The molecule has 2 aromatic rings. The van der Waals surface area contributed by atoms with E-state index in [0.29, 0.717) is 31.4 Å². The molecule has 96 valence electrons. The molecular weight excluding hydrogens is 252 g/mol. The summed E-state index contributed by atoms with van der Waals surface area (Å²) >= 11 is 5.81. The molecule has 0 aliphatic carbocycles. The minimum Gasteiger partial charge on any atom is -0.408 e. The van der Waals surface area contributed by atoms with Crippen molar-refractivity contribution in [3.8, 4) is 0 Å². The molecule has 1 heterocycles. The zero-order valence-electron chi connectivity index (χ0n) is 9.90. The van der Waals surface area contributed by atoms with Crippen molar-refractivity contribution in [2.24, 2.45) is 5.73 Å². The van der Waals surface area contributed by atoms with Crippen molar-refractivity contribution in [1.29, 1.82) is 0 Å². The standard InChI is InChI=1S/C12H15ClN4O/c13-10-5-3-9(4-6-10)8-15-12-17-16-11(18-12)2-1-7-14/h3-6H,1-2,7-8,14H2,(H,15,17). The van der Waals surface area contributed by atoms with E-state index >= 15 is 0 Å². The second-order valence-electron chi connectivity index (χ2n) is 3.87.